The van der Waals surface area contributed by atoms with Gasteiger partial charge in [-0.25, -0.2) is 14.3 Å². The predicted octanol–water partition coefficient (Wildman–Crippen LogP) is 3.44. The number of amides is 1. The summed E-state index contributed by atoms with van der Waals surface area (Å²) in [6, 6.07) is 7.35. The van der Waals surface area contributed by atoms with E-state index in [1.54, 1.807) is 29.0 Å². The number of carbonyl (C=O) groups excluding carboxylic acids is 1. The molecule has 182 valence electrons. The van der Waals surface area contributed by atoms with Crippen molar-refractivity contribution >= 4 is 40.5 Å². The van der Waals surface area contributed by atoms with E-state index in [-0.39, 0.29) is 5.91 Å². The van der Waals surface area contributed by atoms with E-state index < -0.39 is 12.1 Å². The lowest BCUT2D eigenvalue weighted by molar-refractivity contribution is -0.192. The van der Waals surface area contributed by atoms with Gasteiger partial charge >= 0.3 is 12.1 Å². The molecular formula is C21H22ClF3N6O3. The zero-order valence-electron chi connectivity index (χ0n) is 17.8. The highest BCUT2D eigenvalue weighted by Crippen LogP contribution is 2.32. The zero-order chi connectivity index (χ0) is 24.9. The van der Waals surface area contributed by atoms with Crippen LogP contribution in [0, 0.1) is 5.92 Å². The summed E-state index contributed by atoms with van der Waals surface area (Å²) >= 11 is 6.19. The summed E-state index contributed by atoms with van der Waals surface area (Å²) in [5, 5.41) is 14.9. The monoisotopic (exact) mass is 498 g/mol. The minimum atomic E-state index is -5.08. The van der Waals surface area contributed by atoms with Gasteiger partial charge in [0.1, 0.15) is 5.56 Å². The number of nitrogens with one attached hydrogen (secondary N) is 1. The fourth-order valence-electron chi connectivity index (χ4n) is 3.47. The molecule has 1 saturated heterocycles. The molecule has 34 heavy (non-hydrogen) atoms. The highest BCUT2D eigenvalue weighted by Gasteiger charge is 2.38. The highest BCUT2D eigenvalue weighted by molar-refractivity contribution is 6.31. The maximum absolute atomic E-state index is 12.9. The molecule has 0 radical (unpaired) electrons. The van der Waals surface area contributed by atoms with E-state index in [9.17, 15) is 18.0 Å². The van der Waals surface area contributed by atoms with E-state index in [4.69, 9.17) is 27.2 Å². The summed E-state index contributed by atoms with van der Waals surface area (Å²) in [7, 11) is 0. The van der Waals surface area contributed by atoms with Crippen LogP contribution in [0.4, 0.5) is 24.5 Å². The highest BCUT2D eigenvalue weighted by atomic mass is 35.5. The molecule has 0 aliphatic carbocycles. The van der Waals surface area contributed by atoms with Crippen LogP contribution >= 0.6 is 11.6 Å². The second-order valence-electron chi connectivity index (χ2n) is 7.53. The van der Waals surface area contributed by atoms with Crippen molar-refractivity contribution in [3.8, 4) is 0 Å². The van der Waals surface area contributed by atoms with E-state index >= 15 is 0 Å². The molecule has 1 amide bonds. The number of benzene rings is 1. The summed E-state index contributed by atoms with van der Waals surface area (Å²) in [5.41, 5.74) is 8.39. The molecule has 13 heteroatoms. The molecule has 4 N–H and O–H groups in total. The summed E-state index contributed by atoms with van der Waals surface area (Å²) in [4.78, 5) is 28.3. The van der Waals surface area contributed by atoms with Crippen molar-refractivity contribution in [3.63, 3.8) is 0 Å². The summed E-state index contributed by atoms with van der Waals surface area (Å²) in [5.74, 6) is -2.45. The number of nitrogens with two attached hydrogens (primary N) is 1. The van der Waals surface area contributed by atoms with E-state index in [1.165, 1.54) is 6.20 Å². The van der Waals surface area contributed by atoms with Gasteiger partial charge in [0.25, 0.3) is 5.91 Å². The maximum Gasteiger partial charge on any atom is 0.490 e. The van der Waals surface area contributed by atoms with Gasteiger partial charge in [0.05, 0.1) is 17.6 Å². The van der Waals surface area contributed by atoms with Crippen LogP contribution in [-0.4, -0.2) is 57.4 Å². The quantitative estimate of drug-likeness (QED) is 0.503. The number of hydrogen-bond donors (Lipinski definition) is 3. The minimum absolute atomic E-state index is 0.260. The van der Waals surface area contributed by atoms with Crippen LogP contribution in [0.1, 0.15) is 23.2 Å². The predicted molar refractivity (Wildman–Crippen MR) is 120 cm³/mol. The molecular weight excluding hydrogens is 477 g/mol. The average Bonchev–Trinajstić information content (AvgIpc) is 3.23. The molecule has 1 aliphatic heterocycles. The van der Waals surface area contributed by atoms with Crippen LogP contribution in [0.25, 0.3) is 5.65 Å². The third-order valence-electron chi connectivity index (χ3n) is 5.26. The van der Waals surface area contributed by atoms with Crippen LogP contribution in [0.5, 0.6) is 0 Å². The second kappa shape index (κ2) is 10.7. The van der Waals surface area contributed by atoms with Gasteiger partial charge in [-0.1, -0.05) is 11.6 Å². The Morgan fingerprint density at radius 2 is 1.94 bits per heavy atom. The van der Waals surface area contributed by atoms with E-state index in [2.05, 4.69) is 20.3 Å². The van der Waals surface area contributed by atoms with E-state index in [0.29, 0.717) is 27.8 Å². The first-order valence-corrected chi connectivity index (χ1v) is 10.6. The molecule has 4 rings (SSSR count). The molecule has 1 fully saturated rings. The fraction of sp³-hybridized carbons (Fsp3) is 0.333. The molecule has 1 aliphatic rings. The van der Waals surface area contributed by atoms with Gasteiger partial charge in [-0.15, -0.1) is 0 Å². The number of halogens is 4. The first kappa shape index (κ1) is 25.2. The molecule has 3 aromatic rings. The van der Waals surface area contributed by atoms with Gasteiger partial charge in [0.2, 0.25) is 0 Å². The Morgan fingerprint density at radius 1 is 1.26 bits per heavy atom. The van der Waals surface area contributed by atoms with Crippen molar-refractivity contribution in [2.45, 2.75) is 19.0 Å². The summed E-state index contributed by atoms with van der Waals surface area (Å²) in [6.07, 6.45) is 1.93. The second-order valence-corrected chi connectivity index (χ2v) is 7.97. The van der Waals surface area contributed by atoms with E-state index in [1.807, 2.05) is 12.1 Å². The third-order valence-corrected chi connectivity index (χ3v) is 5.50. The SMILES string of the molecule is NCC1CCN(c2ccc(Cl)cc2NC(=O)c2cnn3cccnc23)CC1.O=C(O)C(F)(F)F. The number of carboxylic acids is 1. The lowest BCUT2D eigenvalue weighted by atomic mass is 9.96. The fourth-order valence-corrected chi connectivity index (χ4v) is 3.64. The number of piperidine rings is 1. The average molecular weight is 499 g/mol. The van der Waals surface area contributed by atoms with Gasteiger partial charge in [-0.3, -0.25) is 4.79 Å². The smallest absolute Gasteiger partial charge is 0.475 e. The van der Waals surface area contributed by atoms with E-state index in [0.717, 1.165) is 38.2 Å². The number of fused-ring (bicyclic) bond motifs is 1. The zero-order valence-corrected chi connectivity index (χ0v) is 18.6. The molecule has 9 nitrogen and oxygen atoms in total. The Morgan fingerprint density at radius 3 is 2.56 bits per heavy atom. The number of anilines is 2. The van der Waals surface area contributed by atoms with Crippen LogP contribution in [0.2, 0.25) is 5.02 Å². The van der Waals surface area contributed by atoms with Crippen molar-refractivity contribution in [1.29, 1.82) is 0 Å². The lowest BCUT2D eigenvalue weighted by Gasteiger charge is -2.34. The molecule has 1 aromatic carbocycles. The summed E-state index contributed by atoms with van der Waals surface area (Å²) < 4.78 is 33.3. The van der Waals surface area contributed by atoms with Crippen LogP contribution in [0.3, 0.4) is 0 Å². The topological polar surface area (TPSA) is 126 Å². The van der Waals surface area contributed by atoms with Crippen LogP contribution in [-0.2, 0) is 4.79 Å². The number of nitrogens with zero attached hydrogens (tertiary/aromatic N) is 4. The minimum Gasteiger partial charge on any atom is -0.475 e. The molecule has 0 unspecified atom stereocenters. The Hall–Kier alpha value is -3.38. The van der Waals surface area contributed by atoms with Crippen molar-refractivity contribution in [2.24, 2.45) is 11.7 Å². The number of carbonyl (C=O) groups is 2. The number of rotatable bonds is 4. The van der Waals surface area contributed by atoms with Gasteiger partial charge in [0, 0.05) is 30.5 Å². The number of alkyl halides is 3. The Kier molecular flexibility index (Phi) is 7.94. The number of aliphatic carboxylic acids is 1. The molecule has 0 bridgehead atoms. The Bertz CT molecular complexity index is 1160. The maximum atomic E-state index is 12.9. The van der Waals surface area contributed by atoms with Gasteiger partial charge < -0.3 is 21.1 Å². The molecule has 0 spiro atoms. The summed E-state index contributed by atoms with van der Waals surface area (Å²) in [6.45, 7) is 2.54. The van der Waals surface area contributed by atoms with Gasteiger partial charge in [-0.05, 0) is 49.6 Å². The number of hydrogen-bond acceptors (Lipinski definition) is 6. The number of carboxylic acid groups (broad SMARTS) is 1. The van der Waals surface area contributed by atoms with Crippen molar-refractivity contribution in [3.05, 3.63) is 53.4 Å². The molecule has 2 aromatic heterocycles. The molecule has 0 atom stereocenters. The van der Waals surface area contributed by atoms with Gasteiger partial charge in [0.15, 0.2) is 5.65 Å². The van der Waals surface area contributed by atoms with Crippen LogP contribution < -0.4 is 16.0 Å². The molecule has 3 heterocycles. The third kappa shape index (κ3) is 6.14. The van der Waals surface area contributed by atoms with Crippen molar-refractivity contribution in [2.75, 3.05) is 29.9 Å². The van der Waals surface area contributed by atoms with Crippen molar-refractivity contribution < 1.29 is 27.9 Å². The first-order valence-electron chi connectivity index (χ1n) is 10.2. The Labute approximate surface area is 197 Å². The van der Waals surface area contributed by atoms with Gasteiger partial charge in [-0.2, -0.15) is 18.3 Å². The lowest BCUT2D eigenvalue weighted by Crippen LogP contribution is -2.36. The van der Waals surface area contributed by atoms with Crippen LogP contribution in [0.15, 0.2) is 42.9 Å². The normalized spacial score (nSPS) is 14.4. The molecule has 0 saturated carbocycles. The Balaban J connectivity index is 0.000000406. The first-order chi connectivity index (χ1) is 16.1. The number of aromatic nitrogens is 3. The van der Waals surface area contributed by atoms with Crippen molar-refractivity contribution in [1.82, 2.24) is 14.6 Å². The largest absolute Gasteiger partial charge is 0.490 e. The standard InChI is InChI=1S/C19H21ClN6O.C2HF3O2/c20-14-2-3-17(25-8-4-13(11-21)5-9-25)16(10-14)24-19(27)15-12-23-26-7-1-6-22-18(15)26;3-2(4,5)1(6)7/h1-3,6-7,10,12-13H,4-5,8-9,11,21H2,(H,24,27);(H,6,7).